The van der Waals surface area contributed by atoms with Crippen LogP contribution >= 0.6 is 0 Å². The summed E-state index contributed by atoms with van der Waals surface area (Å²) in [6, 6.07) is 9.64. The predicted octanol–water partition coefficient (Wildman–Crippen LogP) is 2.98. The third-order valence-corrected chi connectivity index (χ3v) is 3.18. The molecule has 0 spiro atoms. The highest BCUT2D eigenvalue weighted by atomic mass is 16.5. The molecule has 0 aliphatic heterocycles. The van der Waals surface area contributed by atoms with E-state index >= 15 is 0 Å². The first-order chi connectivity index (χ1) is 11.2. The quantitative estimate of drug-likeness (QED) is 0.694. The highest BCUT2D eigenvalue weighted by Crippen LogP contribution is 2.26. The zero-order chi connectivity index (χ0) is 16.5. The van der Waals surface area contributed by atoms with Gasteiger partial charge >= 0.3 is 0 Å². The number of hydrogen-bond donors (Lipinski definition) is 2. The van der Waals surface area contributed by atoms with Crippen molar-refractivity contribution in [3.8, 4) is 5.75 Å². The fourth-order valence-electron chi connectivity index (χ4n) is 2.10. The molecule has 0 saturated heterocycles. The van der Waals surface area contributed by atoms with Crippen LogP contribution in [-0.2, 0) is 0 Å². The van der Waals surface area contributed by atoms with Crippen LogP contribution in [-0.4, -0.2) is 48.7 Å². The Morgan fingerprint density at radius 2 is 2.00 bits per heavy atom. The van der Waals surface area contributed by atoms with Crippen LogP contribution < -0.4 is 15.4 Å². The van der Waals surface area contributed by atoms with Crippen molar-refractivity contribution in [2.24, 2.45) is 0 Å². The van der Waals surface area contributed by atoms with E-state index in [9.17, 15) is 0 Å². The minimum atomic E-state index is 0.551. The van der Waals surface area contributed by atoms with E-state index in [1.54, 1.807) is 6.20 Å². The Balaban J connectivity index is 1.97. The van der Waals surface area contributed by atoms with Crippen LogP contribution in [0.5, 0.6) is 5.75 Å². The Hall–Kier alpha value is -2.34. The van der Waals surface area contributed by atoms with Crippen molar-refractivity contribution >= 4 is 17.5 Å². The van der Waals surface area contributed by atoms with E-state index < -0.39 is 0 Å². The molecule has 2 aromatic rings. The molecule has 2 rings (SSSR count). The summed E-state index contributed by atoms with van der Waals surface area (Å²) in [5, 5.41) is 6.53. The van der Waals surface area contributed by atoms with Crippen LogP contribution in [0.3, 0.4) is 0 Å². The van der Waals surface area contributed by atoms with Crippen LogP contribution in [0.15, 0.2) is 36.5 Å². The van der Waals surface area contributed by atoms with Crippen molar-refractivity contribution < 1.29 is 4.74 Å². The van der Waals surface area contributed by atoms with Gasteiger partial charge in [0.15, 0.2) is 0 Å². The summed E-state index contributed by atoms with van der Waals surface area (Å²) < 4.78 is 5.60. The lowest BCUT2D eigenvalue weighted by Crippen LogP contribution is -2.16. The predicted molar refractivity (Wildman–Crippen MR) is 94.6 cm³/mol. The molecule has 1 aromatic heterocycles. The van der Waals surface area contributed by atoms with Gasteiger partial charge in [-0.3, -0.25) is 0 Å². The Labute approximate surface area is 137 Å². The Bertz CT molecular complexity index is 603. The van der Waals surface area contributed by atoms with Crippen molar-refractivity contribution in [3.63, 3.8) is 0 Å². The first-order valence-corrected chi connectivity index (χ1v) is 7.89. The summed E-state index contributed by atoms with van der Waals surface area (Å²) in [6.45, 7) is 4.51. The number of rotatable bonds is 9. The van der Waals surface area contributed by atoms with Crippen molar-refractivity contribution in [3.05, 3.63) is 36.5 Å². The molecule has 0 aliphatic rings. The monoisotopic (exact) mass is 315 g/mol. The average molecular weight is 315 g/mol. The highest BCUT2D eigenvalue weighted by Gasteiger charge is 2.05. The van der Waals surface area contributed by atoms with Crippen molar-refractivity contribution in [1.82, 2.24) is 14.9 Å². The number of nitrogens with zero attached hydrogens (tertiary/aromatic N) is 3. The molecule has 0 saturated carbocycles. The van der Waals surface area contributed by atoms with E-state index in [1.807, 2.05) is 37.3 Å². The molecule has 0 radical (unpaired) electrons. The molecule has 0 amide bonds. The molecule has 124 valence electrons. The van der Waals surface area contributed by atoms with Crippen LogP contribution in [0, 0.1) is 0 Å². The largest absolute Gasteiger partial charge is 0.492 e. The Morgan fingerprint density at radius 1 is 1.17 bits per heavy atom. The molecule has 1 aromatic carbocycles. The molecule has 2 N–H and O–H groups in total. The van der Waals surface area contributed by atoms with E-state index in [1.165, 1.54) is 0 Å². The van der Waals surface area contributed by atoms with Gasteiger partial charge in [-0.1, -0.05) is 12.1 Å². The summed E-state index contributed by atoms with van der Waals surface area (Å²) in [7, 11) is 4.14. The van der Waals surface area contributed by atoms with Gasteiger partial charge in [-0.2, -0.15) is 4.98 Å². The zero-order valence-corrected chi connectivity index (χ0v) is 14.0. The molecule has 6 heteroatoms. The standard InChI is InChI=1S/C17H25N5O/c1-4-23-15-9-6-5-8-14(15)20-17-19-12-10-16(21-17)18-11-7-13-22(2)3/h5-6,8-10,12H,4,7,11,13H2,1-3H3,(H2,18,19,20,21). The summed E-state index contributed by atoms with van der Waals surface area (Å²) in [4.78, 5) is 10.9. The van der Waals surface area contributed by atoms with Gasteiger partial charge in [0.2, 0.25) is 5.95 Å². The molecule has 0 unspecified atom stereocenters. The second kappa shape index (κ2) is 8.95. The highest BCUT2D eigenvalue weighted by molar-refractivity contribution is 5.62. The van der Waals surface area contributed by atoms with Crippen LogP contribution in [0.1, 0.15) is 13.3 Å². The topological polar surface area (TPSA) is 62.3 Å². The lowest BCUT2D eigenvalue weighted by atomic mass is 10.3. The van der Waals surface area contributed by atoms with Crippen LogP contribution in [0.2, 0.25) is 0 Å². The van der Waals surface area contributed by atoms with Gasteiger partial charge in [0.1, 0.15) is 11.6 Å². The number of nitrogens with one attached hydrogen (secondary N) is 2. The normalized spacial score (nSPS) is 10.6. The lowest BCUT2D eigenvalue weighted by Gasteiger charge is -2.12. The van der Waals surface area contributed by atoms with Gasteiger partial charge in [-0.15, -0.1) is 0 Å². The molecular formula is C17H25N5O. The Morgan fingerprint density at radius 3 is 2.78 bits per heavy atom. The zero-order valence-electron chi connectivity index (χ0n) is 14.0. The SMILES string of the molecule is CCOc1ccccc1Nc1nccc(NCCCN(C)C)n1. The number of para-hydroxylation sites is 2. The first kappa shape index (κ1) is 17.0. The van der Waals surface area contributed by atoms with Gasteiger partial charge in [0.25, 0.3) is 0 Å². The third-order valence-electron chi connectivity index (χ3n) is 3.18. The van der Waals surface area contributed by atoms with Gasteiger partial charge < -0.3 is 20.3 Å². The average Bonchev–Trinajstić information content (AvgIpc) is 2.54. The van der Waals surface area contributed by atoms with Crippen molar-refractivity contribution in [2.45, 2.75) is 13.3 Å². The summed E-state index contributed by atoms with van der Waals surface area (Å²) in [5.74, 6) is 2.16. The number of benzene rings is 1. The number of hydrogen-bond acceptors (Lipinski definition) is 6. The summed E-state index contributed by atoms with van der Waals surface area (Å²) in [5.41, 5.74) is 0.860. The fourth-order valence-corrected chi connectivity index (χ4v) is 2.10. The van der Waals surface area contributed by atoms with Crippen molar-refractivity contribution in [1.29, 1.82) is 0 Å². The third kappa shape index (κ3) is 5.75. The van der Waals surface area contributed by atoms with Crippen molar-refractivity contribution in [2.75, 3.05) is 44.4 Å². The second-order valence-electron chi connectivity index (χ2n) is 5.40. The van der Waals surface area contributed by atoms with E-state index in [4.69, 9.17) is 4.74 Å². The minimum Gasteiger partial charge on any atom is -0.492 e. The molecule has 23 heavy (non-hydrogen) atoms. The fraction of sp³-hybridized carbons (Fsp3) is 0.412. The van der Waals surface area contributed by atoms with Crippen LogP contribution in [0.4, 0.5) is 17.5 Å². The minimum absolute atomic E-state index is 0.551. The van der Waals surface area contributed by atoms with E-state index in [-0.39, 0.29) is 0 Å². The maximum Gasteiger partial charge on any atom is 0.229 e. The van der Waals surface area contributed by atoms with E-state index in [2.05, 4.69) is 39.6 Å². The summed E-state index contributed by atoms with van der Waals surface area (Å²) >= 11 is 0. The molecule has 0 fully saturated rings. The second-order valence-corrected chi connectivity index (χ2v) is 5.40. The smallest absolute Gasteiger partial charge is 0.229 e. The van der Waals surface area contributed by atoms with Gasteiger partial charge in [-0.25, -0.2) is 4.98 Å². The molecular weight excluding hydrogens is 290 g/mol. The summed E-state index contributed by atoms with van der Waals surface area (Å²) in [6.07, 6.45) is 2.81. The lowest BCUT2D eigenvalue weighted by molar-refractivity contribution is 0.342. The van der Waals surface area contributed by atoms with E-state index in [0.717, 1.165) is 36.8 Å². The number of anilines is 3. The Kier molecular flexibility index (Phi) is 6.62. The van der Waals surface area contributed by atoms with E-state index in [0.29, 0.717) is 12.6 Å². The molecule has 0 aliphatic carbocycles. The van der Waals surface area contributed by atoms with Gasteiger partial charge in [-0.05, 0) is 52.2 Å². The molecule has 0 atom stereocenters. The number of ether oxygens (including phenoxy) is 1. The van der Waals surface area contributed by atoms with Gasteiger partial charge in [0, 0.05) is 12.7 Å². The first-order valence-electron chi connectivity index (χ1n) is 7.89. The molecule has 6 nitrogen and oxygen atoms in total. The molecule has 0 bridgehead atoms. The van der Waals surface area contributed by atoms with Crippen LogP contribution in [0.25, 0.3) is 0 Å². The maximum absolute atomic E-state index is 5.60. The molecule has 1 heterocycles. The maximum atomic E-state index is 5.60. The van der Waals surface area contributed by atoms with Gasteiger partial charge in [0.05, 0.1) is 12.3 Å². The number of aromatic nitrogens is 2.